The molecule has 1 unspecified atom stereocenters. The third-order valence-electron chi connectivity index (χ3n) is 3.10. The Morgan fingerprint density at radius 2 is 2.44 bits per heavy atom. The van der Waals surface area contributed by atoms with Gasteiger partial charge in [0.1, 0.15) is 5.02 Å². The molecule has 2 heterocycles. The Morgan fingerprint density at radius 3 is 3.11 bits per heavy atom. The fraction of sp³-hybridized carbons (Fsp3) is 0.667. The highest BCUT2D eigenvalue weighted by molar-refractivity contribution is 6.32. The lowest BCUT2D eigenvalue weighted by molar-refractivity contribution is 0.0576. The summed E-state index contributed by atoms with van der Waals surface area (Å²) < 4.78 is 5.49. The third-order valence-corrected chi connectivity index (χ3v) is 3.36. The Labute approximate surface area is 113 Å². The standard InChI is InChI=1S/C12H19ClN4O/c1-14-12-15-6-10(13)11(16-12)17(2)7-9-4-3-5-18-8-9/h6,9H,3-5,7-8H2,1-2H3,(H,14,15,16). The molecule has 1 atom stereocenters. The van der Waals surface area contributed by atoms with Gasteiger partial charge in [0.2, 0.25) is 5.95 Å². The number of ether oxygens (including phenoxy) is 1. The van der Waals surface area contributed by atoms with Crippen molar-refractivity contribution in [3.05, 3.63) is 11.2 Å². The molecule has 1 aromatic heterocycles. The lowest BCUT2D eigenvalue weighted by Crippen LogP contribution is -2.31. The summed E-state index contributed by atoms with van der Waals surface area (Å²) in [6, 6.07) is 0. The minimum Gasteiger partial charge on any atom is -0.381 e. The fourth-order valence-corrected chi connectivity index (χ4v) is 2.41. The zero-order valence-corrected chi connectivity index (χ0v) is 11.6. The van der Waals surface area contributed by atoms with Crippen LogP contribution < -0.4 is 10.2 Å². The van der Waals surface area contributed by atoms with Crippen LogP contribution in [0.15, 0.2) is 6.20 Å². The Hall–Kier alpha value is -1.07. The molecule has 0 spiro atoms. The fourth-order valence-electron chi connectivity index (χ4n) is 2.17. The quantitative estimate of drug-likeness (QED) is 0.907. The number of rotatable bonds is 4. The Kier molecular flexibility index (Phi) is 4.60. The monoisotopic (exact) mass is 270 g/mol. The lowest BCUT2D eigenvalue weighted by Gasteiger charge is -2.28. The molecule has 0 bridgehead atoms. The molecule has 6 heteroatoms. The van der Waals surface area contributed by atoms with Gasteiger partial charge in [0.15, 0.2) is 5.82 Å². The highest BCUT2D eigenvalue weighted by atomic mass is 35.5. The average molecular weight is 271 g/mol. The predicted octanol–water partition coefficient (Wildman–Crippen LogP) is 2.03. The molecule has 0 aliphatic carbocycles. The first-order valence-electron chi connectivity index (χ1n) is 6.20. The largest absolute Gasteiger partial charge is 0.381 e. The number of anilines is 2. The van der Waals surface area contributed by atoms with Crippen molar-refractivity contribution in [3.8, 4) is 0 Å². The van der Waals surface area contributed by atoms with Crippen LogP contribution in [0.3, 0.4) is 0 Å². The molecule has 18 heavy (non-hydrogen) atoms. The number of halogens is 1. The van der Waals surface area contributed by atoms with Crippen LogP contribution in [0.1, 0.15) is 12.8 Å². The second-order valence-electron chi connectivity index (χ2n) is 4.58. The van der Waals surface area contributed by atoms with E-state index in [1.54, 1.807) is 13.2 Å². The van der Waals surface area contributed by atoms with Crippen molar-refractivity contribution in [1.29, 1.82) is 0 Å². The number of nitrogens with zero attached hydrogens (tertiary/aromatic N) is 3. The van der Waals surface area contributed by atoms with Gasteiger partial charge in [0, 0.05) is 27.2 Å². The zero-order chi connectivity index (χ0) is 13.0. The van der Waals surface area contributed by atoms with Crippen molar-refractivity contribution in [2.24, 2.45) is 5.92 Å². The molecule has 0 amide bonds. The first-order chi connectivity index (χ1) is 8.70. The number of hydrogen-bond donors (Lipinski definition) is 1. The van der Waals surface area contributed by atoms with Gasteiger partial charge in [-0.05, 0) is 18.8 Å². The van der Waals surface area contributed by atoms with Crippen LogP contribution >= 0.6 is 11.6 Å². The highest BCUT2D eigenvalue weighted by Gasteiger charge is 2.18. The van der Waals surface area contributed by atoms with Crippen molar-refractivity contribution >= 4 is 23.4 Å². The molecule has 100 valence electrons. The molecule has 1 N–H and O–H groups in total. The minimum absolute atomic E-state index is 0.549. The molecular weight excluding hydrogens is 252 g/mol. The summed E-state index contributed by atoms with van der Waals surface area (Å²) >= 11 is 6.14. The van der Waals surface area contributed by atoms with Gasteiger partial charge in [-0.1, -0.05) is 11.6 Å². The van der Waals surface area contributed by atoms with Crippen molar-refractivity contribution in [1.82, 2.24) is 9.97 Å². The maximum absolute atomic E-state index is 6.14. The Bertz CT molecular complexity index is 396. The number of nitrogens with one attached hydrogen (secondary N) is 1. The maximum Gasteiger partial charge on any atom is 0.224 e. The predicted molar refractivity (Wildman–Crippen MR) is 73.4 cm³/mol. The van der Waals surface area contributed by atoms with Gasteiger partial charge in [0.05, 0.1) is 12.8 Å². The van der Waals surface area contributed by atoms with E-state index < -0.39 is 0 Å². The van der Waals surface area contributed by atoms with Crippen LogP contribution in [0.5, 0.6) is 0 Å². The molecule has 0 saturated carbocycles. The van der Waals surface area contributed by atoms with Gasteiger partial charge < -0.3 is 15.0 Å². The van der Waals surface area contributed by atoms with E-state index in [9.17, 15) is 0 Å². The van der Waals surface area contributed by atoms with E-state index in [1.165, 1.54) is 6.42 Å². The van der Waals surface area contributed by atoms with Crippen molar-refractivity contribution < 1.29 is 4.74 Å². The second-order valence-corrected chi connectivity index (χ2v) is 4.99. The summed E-state index contributed by atoms with van der Waals surface area (Å²) in [7, 11) is 3.80. The van der Waals surface area contributed by atoms with E-state index in [1.807, 2.05) is 7.05 Å². The average Bonchev–Trinajstić information content (AvgIpc) is 2.40. The normalized spacial score (nSPS) is 19.6. The third kappa shape index (κ3) is 3.23. The van der Waals surface area contributed by atoms with Crippen LogP contribution in [-0.4, -0.2) is 43.8 Å². The lowest BCUT2D eigenvalue weighted by atomic mass is 10.0. The summed E-state index contributed by atoms with van der Waals surface area (Å²) in [5.41, 5.74) is 0. The van der Waals surface area contributed by atoms with Crippen LogP contribution in [-0.2, 0) is 4.74 Å². The molecule has 1 saturated heterocycles. The molecule has 5 nitrogen and oxygen atoms in total. The SMILES string of the molecule is CNc1ncc(Cl)c(N(C)CC2CCCOC2)n1. The van der Waals surface area contributed by atoms with E-state index in [2.05, 4.69) is 20.2 Å². The van der Waals surface area contributed by atoms with E-state index in [-0.39, 0.29) is 0 Å². The molecule has 0 aromatic carbocycles. The first-order valence-corrected chi connectivity index (χ1v) is 6.57. The molecular formula is C12H19ClN4O. The first kappa shape index (κ1) is 13.4. The summed E-state index contributed by atoms with van der Waals surface area (Å²) in [6.07, 6.45) is 3.97. The van der Waals surface area contributed by atoms with Gasteiger partial charge >= 0.3 is 0 Å². The molecule has 1 aliphatic rings. The number of hydrogen-bond acceptors (Lipinski definition) is 5. The topological polar surface area (TPSA) is 50.3 Å². The minimum atomic E-state index is 0.549. The Balaban J connectivity index is 2.04. The molecule has 0 radical (unpaired) electrons. The van der Waals surface area contributed by atoms with E-state index >= 15 is 0 Å². The number of aromatic nitrogens is 2. The summed E-state index contributed by atoms with van der Waals surface area (Å²) in [5.74, 6) is 1.90. The van der Waals surface area contributed by atoms with Crippen LogP contribution in [0, 0.1) is 5.92 Å². The molecule has 1 fully saturated rings. The van der Waals surface area contributed by atoms with Gasteiger partial charge in [0.25, 0.3) is 0 Å². The molecule has 1 aliphatic heterocycles. The van der Waals surface area contributed by atoms with E-state index in [0.29, 0.717) is 16.9 Å². The Morgan fingerprint density at radius 1 is 1.61 bits per heavy atom. The summed E-state index contributed by atoms with van der Waals surface area (Å²) in [4.78, 5) is 10.5. The molecule has 1 aromatic rings. The zero-order valence-electron chi connectivity index (χ0n) is 10.8. The van der Waals surface area contributed by atoms with Gasteiger partial charge in [-0.2, -0.15) is 4.98 Å². The van der Waals surface area contributed by atoms with Crippen LogP contribution in [0.4, 0.5) is 11.8 Å². The summed E-state index contributed by atoms with van der Waals surface area (Å²) in [5, 5.41) is 3.50. The van der Waals surface area contributed by atoms with Crippen molar-refractivity contribution in [3.63, 3.8) is 0 Å². The van der Waals surface area contributed by atoms with Crippen LogP contribution in [0.25, 0.3) is 0 Å². The summed E-state index contributed by atoms with van der Waals surface area (Å²) in [6.45, 7) is 2.62. The molecule has 2 rings (SSSR count). The smallest absolute Gasteiger partial charge is 0.224 e. The van der Waals surface area contributed by atoms with E-state index in [0.717, 1.165) is 32.0 Å². The van der Waals surface area contributed by atoms with Gasteiger partial charge in [-0.25, -0.2) is 4.98 Å². The second kappa shape index (κ2) is 6.20. The maximum atomic E-state index is 6.14. The van der Waals surface area contributed by atoms with Crippen LogP contribution in [0.2, 0.25) is 5.02 Å². The van der Waals surface area contributed by atoms with Gasteiger partial charge in [-0.3, -0.25) is 0 Å². The van der Waals surface area contributed by atoms with Crippen molar-refractivity contribution in [2.75, 3.05) is 44.1 Å². The van der Waals surface area contributed by atoms with E-state index in [4.69, 9.17) is 16.3 Å². The van der Waals surface area contributed by atoms with Gasteiger partial charge in [-0.15, -0.1) is 0 Å². The highest BCUT2D eigenvalue weighted by Crippen LogP contribution is 2.24. The van der Waals surface area contributed by atoms with Crippen molar-refractivity contribution in [2.45, 2.75) is 12.8 Å².